The zero-order valence-corrected chi connectivity index (χ0v) is 7.21. The Morgan fingerprint density at radius 2 is 1.92 bits per heavy atom. The van der Waals surface area contributed by atoms with Crippen LogP contribution >= 0.6 is 11.6 Å². The zero-order valence-electron chi connectivity index (χ0n) is 6.45. The smallest absolute Gasteiger partial charge is 0.492 e. The van der Waals surface area contributed by atoms with Crippen LogP contribution in [0.5, 0.6) is 5.75 Å². The monoisotopic (exact) mass is 186 g/mol. The van der Waals surface area contributed by atoms with Crippen LogP contribution in [0.25, 0.3) is 0 Å². The summed E-state index contributed by atoms with van der Waals surface area (Å²) in [5, 5.41) is 27.1. The molecule has 0 unspecified atom stereocenters. The Morgan fingerprint density at radius 3 is 2.42 bits per heavy atom. The molecule has 0 aliphatic heterocycles. The number of aromatic hydroxyl groups is 1. The molecule has 0 saturated carbocycles. The van der Waals surface area contributed by atoms with E-state index >= 15 is 0 Å². The molecule has 0 aromatic heterocycles. The van der Waals surface area contributed by atoms with Crippen LogP contribution in [0.4, 0.5) is 0 Å². The van der Waals surface area contributed by atoms with Crippen LogP contribution in [0.15, 0.2) is 12.1 Å². The number of aryl methyl sites for hydroxylation is 1. The minimum Gasteiger partial charge on any atom is -0.508 e. The van der Waals surface area contributed by atoms with Gasteiger partial charge in [-0.2, -0.15) is 0 Å². The lowest BCUT2D eigenvalue weighted by atomic mass is 9.79. The number of benzene rings is 1. The summed E-state index contributed by atoms with van der Waals surface area (Å²) in [6, 6.07) is 2.72. The minimum atomic E-state index is -1.69. The molecule has 3 N–H and O–H groups in total. The number of halogens is 1. The molecule has 0 fully saturated rings. The van der Waals surface area contributed by atoms with E-state index in [-0.39, 0.29) is 11.2 Å². The summed E-state index contributed by atoms with van der Waals surface area (Å²) in [7, 11) is -1.69. The molecule has 3 nitrogen and oxygen atoms in total. The van der Waals surface area contributed by atoms with Crippen molar-refractivity contribution in [2.75, 3.05) is 0 Å². The van der Waals surface area contributed by atoms with Gasteiger partial charge in [-0.25, -0.2) is 0 Å². The number of phenolic OH excluding ortho intramolecular Hbond substituents is 1. The first kappa shape index (κ1) is 9.38. The zero-order chi connectivity index (χ0) is 9.30. The van der Waals surface area contributed by atoms with Crippen molar-refractivity contribution in [2.24, 2.45) is 0 Å². The topological polar surface area (TPSA) is 60.7 Å². The first-order valence-corrected chi connectivity index (χ1v) is 3.75. The normalized spacial score (nSPS) is 10.0. The quantitative estimate of drug-likeness (QED) is 0.543. The van der Waals surface area contributed by atoms with E-state index in [1.807, 2.05) is 0 Å². The van der Waals surface area contributed by atoms with E-state index in [0.29, 0.717) is 10.6 Å². The second-order valence-electron chi connectivity index (χ2n) is 2.53. The van der Waals surface area contributed by atoms with Crippen LogP contribution in [0.1, 0.15) is 5.56 Å². The fraction of sp³-hybridized carbons (Fsp3) is 0.143. The summed E-state index contributed by atoms with van der Waals surface area (Å²) in [4.78, 5) is 0. The van der Waals surface area contributed by atoms with Crippen LogP contribution in [-0.2, 0) is 0 Å². The van der Waals surface area contributed by atoms with Gasteiger partial charge in [0, 0.05) is 10.5 Å². The van der Waals surface area contributed by atoms with Crippen molar-refractivity contribution in [3.8, 4) is 5.75 Å². The fourth-order valence-corrected chi connectivity index (χ4v) is 1.06. The Balaban J connectivity index is 3.23. The molecule has 0 atom stereocenters. The van der Waals surface area contributed by atoms with Crippen molar-refractivity contribution < 1.29 is 15.2 Å². The van der Waals surface area contributed by atoms with Crippen LogP contribution in [0, 0.1) is 6.92 Å². The molecule has 0 spiro atoms. The fourth-order valence-electron chi connectivity index (χ4n) is 0.888. The van der Waals surface area contributed by atoms with Gasteiger partial charge in [-0.3, -0.25) is 0 Å². The van der Waals surface area contributed by atoms with Crippen molar-refractivity contribution in [3.63, 3.8) is 0 Å². The largest absolute Gasteiger partial charge is 0.508 e. The Morgan fingerprint density at radius 1 is 1.33 bits per heavy atom. The Bertz CT molecular complexity index is 301. The number of hydrogen-bond acceptors (Lipinski definition) is 3. The molecule has 0 bridgehead atoms. The van der Waals surface area contributed by atoms with Gasteiger partial charge in [0.2, 0.25) is 0 Å². The molecule has 1 aromatic rings. The molecule has 64 valence electrons. The summed E-state index contributed by atoms with van der Waals surface area (Å²) in [6.07, 6.45) is 0. The molecule has 0 saturated heterocycles. The van der Waals surface area contributed by atoms with Gasteiger partial charge in [-0.15, -0.1) is 0 Å². The number of rotatable bonds is 1. The highest BCUT2D eigenvalue weighted by atomic mass is 35.5. The highest BCUT2D eigenvalue weighted by Gasteiger charge is 2.16. The summed E-state index contributed by atoms with van der Waals surface area (Å²) >= 11 is 5.70. The molecule has 0 heterocycles. The van der Waals surface area contributed by atoms with Gasteiger partial charge in [-0.1, -0.05) is 11.6 Å². The van der Waals surface area contributed by atoms with Gasteiger partial charge < -0.3 is 15.2 Å². The van der Waals surface area contributed by atoms with Gasteiger partial charge in [0.25, 0.3) is 0 Å². The van der Waals surface area contributed by atoms with Gasteiger partial charge in [0.05, 0.1) is 0 Å². The van der Waals surface area contributed by atoms with Crippen molar-refractivity contribution in [2.45, 2.75) is 6.92 Å². The van der Waals surface area contributed by atoms with Crippen LogP contribution < -0.4 is 5.46 Å². The third-order valence-corrected chi connectivity index (χ3v) is 1.99. The van der Waals surface area contributed by atoms with E-state index in [1.165, 1.54) is 12.1 Å². The maximum atomic E-state index is 9.21. The first-order chi connectivity index (χ1) is 5.52. The van der Waals surface area contributed by atoms with E-state index in [4.69, 9.17) is 21.6 Å². The standard InChI is InChI=1S/C7H8BClO3/c1-4-2-7(10)5(8(11)12)3-6(4)9/h2-3,10-12H,1H3. The molecule has 1 aromatic carbocycles. The van der Waals surface area contributed by atoms with Crippen LogP contribution in [-0.4, -0.2) is 22.3 Å². The first-order valence-electron chi connectivity index (χ1n) is 3.37. The molecular formula is C7H8BClO3. The predicted molar refractivity (Wildman–Crippen MR) is 47.7 cm³/mol. The molecule has 1 rings (SSSR count). The molecule has 12 heavy (non-hydrogen) atoms. The van der Waals surface area contributed by atoms with Crippen LogP contribution in [0.3, 0.4) is 0 Å². The van der Waals surface area contributed by atoms with Crippen molar-refractivity contribution in [1.29, 1.82) is 0 Å². The van der Waals surface area contributed by atoms with Crippen molar-refractivity contribution >= 4 is 24.2 Å². The summed E-state index contributed by atoms with van der Waals surface area (Å²) in [5.41, 5.74) is 0.712. The van der Waals surface area contributed by atoms with Crippen molar-refractivity contribution in [3.05, 3.63) is 22.7 Å². The third kappa shape index (κ3) is 1.72. The molecule has 0 aliphatic rings. The highest BCUT2D eigenvalue weighted by Crippen LogP contribution is 2.18. The summed E-state index contributed by atoms with van der Waals surface area (Å²) in [6.45, 7) is 1.72. The van der Waals surface area contributed by atoms with Crippen molar-refractivity contribution in [1.82, 2.24) is 0 Å². The highest BCUT2D eigenvalue weighted by molar-refractivity contribution is 6.60. The van der Waals surface area contributed by atoms with Crippen LogP contribution in [0.2, 0.25) is 5.02 Å². The lowest BCUT2D eigenvalue weighted by Gasteiger charge is -2.05. The minimum absolute atomic E-state index is 0.0191. The lowest BCUT2D eigenvalue weighted by Crippen LogP contribution is -2.30. The Hall–Kier alpha value is -0.705. The maximum absolute atomic E-state index is 9.21. The van der Waals surface area contributed by atoms with E-state index < -0.39 is 7.12 Å². The summed E-state index contributed by atoms with van der Waals surface area (Å²) < 4.78 is 0. The third-order valence-electron chi connectivity index (χ3n) is 1.59. The second-order valence-corrected chi connectivity index (χ2v) is 2.94. The molecule has 0 aliphatic carbocycles. The average Bonchev–Trinajstić information content (AvgIpc) is 1.96. The second kappa shape index (κ2) is 3.35. The number of hydrogen-bond donors (Lipinski definition) is 3. The molecular weight excluding hydrogens is 178 g/mol. The average molecular weight is 186 g/mol. The lowest BCUT2D eigenvalue weighted by molar-refractivity contribution is 0.419. The SMILES string of the molecule is Cc1cc(O)c(B(O)O)cc1Cl. The van der Waals surface area contributed by atoms with Gasteiger partial charge >= 0.3 is 7.12 Å². The van der Waals surface area contributed by atoms with E-state index in [9.17, 15) is 5.11 Å². The van der Waals surface area contributed by atoms with Gasteiger partial charge in [0.1, 0.15) is 5.75 Å². The van der Waals surface area contributed by atoms with Gasteiger partial charge in [-0.05, 0) is 24.6 Å². The molecule has 0 amide bonds. The Kier molecular flexibility index (Phi) is 2.62. The maximum Gasteiger partial charge on any atom is 0.492 e. The number of phenols is 1. The van der Waals surface area contributed by atoms with E-state index in [2.05, 4.69) is 0 Å². The summed E-state index contributed by atoms with van der Waals surface area (Å²) in [5.74, 6) is -0.160. The van der Waals surface area contributed by atoms with Gasteiger partial charge in [0.15, 0.2) is 0 Å². The molecule has 5 heteroatoms. The van der Waals surface area contributed by atoms with E-state index in [1.54, 1.807) is 6.92 Å². The van der Waals surface area contributed by atoms with E-state index in [0.717, 1.165) is 0 Å². The molecule has 0 radical (unpaired) electrons. The predicted octanol–water partition coefficient (Wildman–Crippen LogP) is 0.0338. The Labute approximate surface area is 75.4 Å².